The van der Waals surface area contributed by atoms with Crippen LogP contribution in [-0.2, 0) is 12.0 Å². The smallest absolute Gasteiger partial charge is 0.0411 e. The minimum absolute atomic E-state index is 0.0340. The number of hydrogen-bond acceptors (Lipinski definition) is 1. The molecule has 0 saturated heterocycles. The first-order valence-corrected chi connectivity index (χ1v) is 4.63. The van der Waals surface area contributed by atoms with Crippen LogP contribution in [0.25, 0.3) is 0 Å². The molecule has 0 atom stereocenters. The molecular weight excluding hydrogens is 146 g/mol. The predicted molar refractivity (Wildman–Crippen MR) is 50.9 cm³/mol. The number of nitrogens with two attached hydrogens (primary N) is 1. The van der Waals surface area contributed by atoms with Crippen LogP contribution in [0, 0.1) is 0 Å². The molecule has 1 heteroatoms. The van der Waals surface area contributed by atoms with Crippen LogP contribution in [0.3, 0.4) is 0 Å². The zero-order valence-electron chi connectivity index (χ0n) is 7.51. The maximum atomic E-state index is 6.06. The van der Waals surface area contributed by atoms with Gasteiger partial charge in [0, 0.05) is 5.54 Å². The summed E-state index contributed by atoms with van der Waals surface area (Å²) in [4.78, 5) is 0. The van der Waals surface area contributed by atoms with E-state index < -0.39 is 0 Å². The summed E-state index contributed by atoms with van der Waals surface area (Å²) in [6.45, 7) is 2.17. The van der Waals surface area contributed by atoms with E-state index in [-0.39, 0.29) is 5.54 Å². The van der Waals surface area contributed by atoms with Crippen LogP contribution in [0.15, 0.2) is 24.3 Å². The maximum absolute atomic E-state index is 6.06. The summed E-state index contributed by atoms with van der Waals surface area (Å²) in [5.41, 5.74) is 8.79. The summed E-state index contributed by atoms with van der Waals surface area (Å²) >= 11 is 0. The average Bonchev–Trinajstić information content (AvgIpc) is 2.85. The third kappa shape index (κ3) is 1.25. The molecule has 0 spiro atoms. The minimum Gasteiger partial charge on any atom is -0.321 e. The van der Waals surface area contributed by atoms with Gasteiger partial charge in [0.25, 0.3) is 0 Å². The molecule has 1 aromatic rings. The fraction of sp³-hybridized carbons (Fsp3) is 0.455. The number of hydrogen-bond donors (Lipinski definition) is 1. The minimum atomic E-state index is 0.0340. The van der Waals surface area contributed by atoms with E-state index in [1.807, 2.05) is 0 Å². The molecule has 2 N–H and O–H groups in total. The summed E-state index contributed by atoms with van der Waals surface area (Å²) in [5, 5.41) is 0. The number of aryl methyl sites for hydroxylation is 1. The molecular formula is C11H15N. The Morgan fingerprint density at radius 3 is 2.25 bits per heavy atom. The van der Waals surface area contributed by atoms with Crippen molar-refractivity contribution in [2.75, 3.05) is 0 Å². The van der Waals surface area contributed by atoms with Crippen LogP contribution in [0.4, 0.5) is 0 Å². The highest BCUT2D eigenvalue weighted by molar-refractivity contribution is 5.32. The first-order valence-electron chi connectivity index (χ1n) is 4.63. The molecule has 1 fully saturated rings. The fourth-order valence-corrected chi connectivity index (χ4v) is 1.50. The van der Waals surface area contributed by atoms with Gasteiger partial charge in [0.15, 0.2) is 0 Å². The maximum Gasteiger partial charge on any atom is 0.0411 e. The highest BCUT2D eigenvalue weighted by atomic mass is 14.8. The van der Waals surface area contributed by atoms with Gasteiger partial charge in [-0.25, -0.2) is 0 Å². The van der Waals surface area contributed by atoms with Gasteiger partial charge in [-0.1, -0.05) is 31.2 Å². The van der Waals surface area contributed by atoms with Gasteiger partial charge in [-0.3, -0.25) is 0 Å². The Morgan fingerprint density at radius 1 is 1.25 bits per heavy atom. The molecule has 1 nitrogen and oxygen atoms in total. The van der Waals surface area contributed by atoms with Crippen molar-refractivity contribution in [2.24, 2.45) is 5.73 Å². The number of rotatable bonds is 2. The quantitative estimate of drug-likeness (QED) is 0.707. The van der Waals surface area contributed by atoms with Crippen LogP contribution >= 0.6 is 0 Å². The lowest BCUT2D eigenvalue weighted by molar-refractivity contribution is 0.739. The molecule has 0 unspecified atom stereocenters. The molecule has 1 aromatic carbocycles. The molecule has 0 bridgehead atoms. The zero-order valence-corrected chi connectivity index (χ0v) is 7.51. The van der Waals surface area contributed by atoms with E-state index >= 15 is 0 Å². The molecule has 0 radical (unpaired) electrons. The second-order valence-electron chi connectivity index (χ2n) is 3.71. The van der Waals surface area contributed by atoms with E-state index in [1.165, 1.54) is 11.1 Å². The lowest BCUT2D eigenvalue weighted by Crippen LogP contribution is -2.18. The van der Waals surface area contributed by atoms with Crippen molar-refractivity contribution in [1.82, 2.24) is 0 Å². The Hall–Kier alpha value is -0.820. The molecule has 1 saturated carbocycles. The molecule has 12 heavy (non-hydrogen) atoms. The van der Waals surface area contributed by atoms with Gasteiger partial charge >= 0.3 is 0 Å². The number of benzene rings is 1. The largest absolute Gasteiger partial charge is 0.321 e. The van der Waals surface area contributed by atoms with Crippen molar-refractivity contribution >= 4 is 0 Å². The van der Waals surface area contributed by atoms with Crippen LogP contribution in [0.2, 0.25) is 0 Å². The fourth-order valence-electron chi connectivity index (χ4n) is 1.50. The van der Waals surface area contributed by atoms with Crippen LogP contribution < -0.4 is 5.73 Å². The highest BCUT2D eigenvalue weighted by Crippen LogP contribution is 2.42. The van der Waals surface area contributed by atoms with E-state index in [1.54, 1.807) is 0 Å². The van der Waals surface area contributed by atoms with Crippen molar-refractivity contribution in [3.63, 3.8) is 0 Å². The van der Waals surface area contributed by atoms with Crippen molar-refractivity contribution < 1.29 is 0 Å². The standard InChI is InChI=1S/C11H15N/c1-2-9-3-5-10(6-4-9)11(12)7-8-11/h3-6H,2,7-8,12H2,1H3. The topological polar surface area (TPSA) is 26.0 Å². The van der Waals surface area contributed by atoms with Gasteiger partial charge in [-0.15, -0.1) is 0 Å². The average molecular weight is 161 g/mol. The van der Waals surface area contributed by atoms with E-state index in [4.69, 9.17) is 5.73 Å². The monoisotopic (exact) mass is 161 g/mol. The first-order chi connectivity index (χ1) is 5.74. The van der Waals surface area contributed by atoms with Gasteiger partial charge in [0.05, 0.1) is 0 Å². The predicted octanol–water partition coefficient (Wildman–Crippen LogP) is 2.20. The molecule has 2 rings (SSSR count). The zero-order chi connectivity index (χ0) is 8.60. The normalized spacial score (nSPS) is 19.2. The lowest BCUT2D eigenvalue weighted by atomic mass is 10.0. The Kier molecular flexibility index (Phi) is 1.69. The van der Waals surface area contributed by atoms with Gasteiger partial charge in [-0.05, 0) is 30.4 Å². The van der Waals surface area contributed by atoms with Crippen molar-refractivity contribution in [3.8, 4) is 0 Å². The summed E-state index contributed by atoms with van der Waals surface area (Å²) in [5.74, 6) is 0. The third-order valence-electron chi connectivity index (χ3n) is 2.73. The van der Waals surface area contributed by atoms with Gasteiger partial charge in [0.1, 0.15) is 0 Å². The molecule has 1 aliphatic rings. The van der Waals surface area contributed by atoms with Crippen molar-refractivity contribution in [1.29, 1.82) is 0 Å². The van der Waals surface area contributed by atoms with E-state index in [0.29, 0.717) is 0 Å². The van der Waals surface area contributed by atoms with Crippen molar-refractivity contribution in [3.05, 3.63) is 35.4 Å². The SMILES string of the molecule is CCc1ccc(C2(N)CC2)cc1. The first kappa shape index (κ1) is 7.81. The van der Waals surface area contributed by atoms with Crippen LogP contribution in [0.5, 0.6) is 0 Å². The third-order valence-corrected chi connectivity index (χ3v) is 2.73. The summed E-state index contributed by atoms with van der Waals surface area (Å²) < 4.78 is 0. The van der Waals surface area contributed by atoms with Crippen molar-refractivity contribution in [2.45, 2.75) is 31.7 Å². The molecule has 0 heterocycles. The molecule has 0 amide bonds. The molecule has 0 aliphatic heterocycles. The van der Waals surface area contributed by atoms with Crippen LogP contribution in [-0.4, -0.2) is 0 Å². The van der Waals surface area contributed by atoms with Crippen LogP contribution in [0.1, 0.15) is 30.9 Å². The second kappa shape index (κ2) is 2.60. The summed E-state index contributed by atoms with van der Waals surface area (Å²) in [6.07, 6.45) is 3.41. The lowest BCUT2D eigenvalue weighted by Gasteiger charge is -2.08. The Labute approximate surface area is 73.6 Å². The second-order valence-corrected chi connectivity index (χ2v) is 3.71. The van der Waals surface area contributed by atoms with Gasteiger partial charge in [-0.2, -0.15) is 0 Å². The molecule has 0 aromatic heterocycles. The highest BCUT2D eigenvalue weighted by Gasteiger charge is 2.39. The molecule has 1 aliphatic carbocycles. The van der Waals surface area contributed by atoms with Gasteiger partial charge < -0.3 is 5.73 Å². The van der Waals surface area contributed by atoms with E-state index in [2.05, 4.69) is 31.2 Å². The van der Waals surface area contributed by atoms with Gasteiger partial charge in [0.2, 0.25) is 0 Å². The summed E-state index contributed by atoms with van der Waals surface area (Å²) in [6, 6.07) is 8.71. The summed E-state index contributed by atoms with van der Waals surface area (Å²) in [7, 11) is 0. The Balaban J connectivity index is 2.25. The Bertz CT molecular complexity index is 270. The Morgan fingerprint density at radius 2 is 1.83 bits per heavy atom. The van der Waals surface area contributed by atoms with E-state index in [0.717, 1.165) is 19.3 Å². The van der Waals surface area contributed by atoms with E-state index in [9.17, 15) is 0 Å². The molecule has 64 valence electrons.